The monoisotopic (exact) mass is 376 g/mol. The first-order valence-corrected chi connectivity index (χ1v) is 10.1. The van der Waals surface area contributed by atoms with Crippen molar-refractivity contribution in [1.29, 1.82) is 0 Å². The maximum atomic E-state index is 13.2. The van der Waals surface area contributed by atoms with Crippen LogP contribution in [-0.2, 0) is 13.0 Å². The molecule has 2 aliphatic rings. The zero-order valence-electron chi connectivity index (χ0n) is 15.9. The van der Waals surface area contributed by atoms with E-state index in [4.69, 9.17) is 9.40 Å². The van der Waals surface area contributed by atoms with Crippen molar-refractivity contribution >= 4 is 5.91 Å². The number of imidazole rings is 1. The van der Waals surface area contributed by atoms with Gasteiger partial charge >= 0.3 is 0 Å². The predicted molar refractivity (Wildman–Crippen MR) is 105 cm³/mol. The van der Waals surface area contributed by atoms with Crippen LogP contribution in [0.25, 0.3) is 11.3 Å². The summed E-state index contributed by atoms with van der Waals surface area (Å²) in [5.74, 6) is 1.68. The molecule has 0 saturated carbocycles. The first-order valence-electron chi connectivity index (χ1n) is 10.1. The van der Waals surface area contributed by atoms with E-state index in [1.54, 1.807) is 0 Å². The number of aromatic nitrogens is 3. The molecule has 0 aliphatic carbocycles. The van der Waals surface area contributed by atoms with Gasteiger partial charge in [-0.25, -0.2) is 9.97 Å². The van der Waals surface area contributed by atoms with Crippen LogP contribution in [0.5, 0.6) is 0 Å². The fourth-order valence-electron chi connectivity index (χ4n) is 4.50. The van der Waals surface area contributed by atoms with Crippen molar-refractivity contribution in [2.75, 3.05) is 13.1 Å². The fraction of sp³-hybridized carbons (Fsp3) is 0.409. The minimum Gasteiger partial charge on any atom is -0.438 e. The van der Waals surface area contributed by atoms with Gasteiger partial charge in [0.2, 0.25) is 5.76 Å². The second-order valence-corrected chi connectivity index (χ2v) is 7.70. The lowest BCUT2D eigenvalue weighted by molar-refractivity contribution is 0.0672. The third kappa shape index (κ3) is 3.03. The third-order valence-electron chi connectivity index (χ3n) is 5.92. The van der Waals surface area contributed by atoms with Gasteiger partial charge < -0.3 is 13.9 Å². The summed E-state index contributed by atoms with van der Waals surface area (Å²) < 4.78 is 7.91. The zero-order chi connectivity index (χ0) is 18.9. The Morgan fingerprint density at radius 2 is 1.96 bits per heavy atom. The number of likely N-dealkylation sites (tertiary alicyclic amines) is 1. The molecule has 1 aromatic carbocycles. The molecule has 1 fully saturated rings. The van der Waals surface area contributed by atoms with E-state index in [1.165, 1.54) is 24.9 Å². The van der Waals surface area contributed by atoms with E-state index in [0.717, 1.165) is 43.7 Å². The quantitative estimate of drug-likeness (QED) is 0.696. The van der Waals surface area contributed by atoms with Crippen LogP contribution in [0, 0.1) is 0 Å². The predicted octanol–water partition coefficient (Wildman–Crippen LogP) is 3.89. The van der Waals surface area contributed by atoms with Crippen molar-refractivity contribution in [1.82, 2.24) is 19.4 Å². The maximum Gasteiger partial charge on any atom is 0.291 e. The summed E-state index contributed by atoms with van der Waals surface area (Å²) in [5, 5.41) is 0. The summed E-state index contributed by atoms with van der Waals surface area (Å²) in [4.78, 5) is 24.2. The molecule has 0 bridgehead atoms. The van der Waals surface area contributed by atoms with Gasteiger partial charge in [-0.3, -0.25) is 4.79 Å². The minimum atomic E-state index is -0.0773. The molecule has 1 atom stereocenters. The van der Waals surface area contributed by atoms with E-state index < -0.39 is 0 Å². The molecule has 5 rings (SSSR count). The molecular formula is C22H24N4O2. The van der Waals surface area contributed by atoms with Crippen molar-refractivity contribution < 1.29 is 9.21 Å². The molecule has 2 aromatic heterocycles. The topological polar surface area (TPSA) is 64.2 Å². The van der Waals surface area contributed by atoms with Gasteiger partial charge in [0.1, 0.15) is 11.5 Å². The van der Waals surface area contributed by atoms with Crippen LogP contribution in [-0.4, -0.2) is 38.4 Å². The van der Waals surface area contributed by atoms with Gasteiger partial charge in [0.25, 0.3) is 5.91 Å². The van der Waals surface area contributed by atoms with Crippen molar-refractivity contribution in [3.05, 3.63) is 60.2 Å². The first-order chi connectivity index (χ1) is 13.8. The molecule has 0 spiro atoms. The molecule has 3 aromatic rings. The number of carbonyl (C=O) groups is 1. The van der Waals surface area contributed by atoms with Gasteiger partial charge in [-0.05, 0) is 32.1 Å². The van der Waals surface area contributed by atoms with E-state index in [1.807, 2.05) is 41.4 Å². The Morgan fingerprint density at radius 3 is 2.86 bits per heavy atom. The lowest BCUT2D eigenvalue weighted by atomic mass is 9.96. The van der Waals surface area contributed by atoms with Crippen LogP contribution in [0.1, 0.15) is 53.7 Å². The Labute approximate surface area is 164 Å². The number of carbonyl (C=O) groups excluding carboxylic acids is 1. The van der Waals surface area contributed by atoms with Crippen molar-refractivity contribution in [3.8, 4) is 11.3 Å². The van der Waals surface area contributed by atoms with E-state index in [2.05, 4.69) is 9.55 Å². The molecule has 1 amide bonds. The number of oxazole rings is 1. The molecule has 2 aliphatic heterocycles. The van der Waals surface area contributed by atoms with Gasteiger partial charge in [0, 0.05) is 43.0 Å². The smallest absolute Gasteiger partial charge is 0.291 e. The van der Waals surface area contributed by atoms with Crippen LogP contribution in [0.3, 0.4) is 0 Å². The standard InChI is InChI=1S/C22H24N4O2/c27-22(20-19(24-15-28-20)16-7-2-1-3-8-16)25-11-6-9-17(14-25)21-23-13-18-10-4-5-12-26(18)21/h1-3,7-8,13,15,17H,4-6,9-12,14H2. The lowest BCUT2D eigenvalue weighted by Gasteiger charge is -2.32. The van der Waals surface area contributed by atoms with Crippen molar-refractivity contribution in [2.24, 2.45) is 0 Å². The number of hydrogen-bond acceptors (Lipinski definition) is 4. The summed E-state index contributed by atoms with van der Waals surface area (Å²) in [7, 11) is 0. The third-order valence-corrected chi connectivity index (χ3v) is 5.92. The fourth-order valence-corrected chi connectivity index (χ4v) is 4.50. The first kappa shape index (κ1) is 17.2. The highest BCUT2D eigenvalue weighted by molar-refractivity contribution is 5.97. The highest BCUT2D eigenvalue weighted by Gasteiger charge is 2.32. The summed E-state index contributed by atoms with van der Waals surface area (Å²) >= 11 is 0. The molecule has 4 heterocycles. The van der Waals surface area contributed by atoms with E-state index >= 15 is 0 Å². The molecule has 144 valence electrons. The Morgan fingerprint density at radius 1 is 1.07 bits per heavy atom. The molecule has 6 nitrogen and oxygen atoms in total. The average molecular weight is 376 g/mol. The summed E-state index contributed by atoms with van der Waals surface area (Å²) in [6, 6.07) is 9.73. The molecule has 0 radical (unpaired) electrons. The summed E-state index contributed by atoms with van der Waals surface area (Å²) in [6.45, 7) is 2.48. The van der Waals surface area contributed by atoms with Crippen LogP contribution in [0.2, 0.25) is 0 Å². The Balaban J connectivity index is 1.38. The molecule has 0 N–H and O–H groups in total. The van der Waals surface area contributed by atoms with E-state index in [-0.39, 0.29) is 11.8 Å². The van der Waals surface area contributed by atoms with Gasteiger partial charge in [-0.2, -0.15) is 0 Å². The highest BCUT2D eigenvalue weighted by atomic mass is 16.3. The van der Waals surface area contributed by atoms with Crippen LogP contribution in [0.4, 0.5) is 0 Å². The van der Waals surface area contributed by atoms with Gasteiger partial charge in [-0.15, -0.1) is 0 Å². The van der Waals surface area contributed by atoms with Crippen LogP contribution in [0.15, 0.2) is 47.3 Å². The SMILES string of the molecule is O=C(c1ocnc1-c1ccccc1)N1CCCC(c2ncc3n2CCCC3)C1. The summed E-state index contributed by atoms with van der Waals surface area (Å²) in [5.41, 5.74) is 2.85. The second kappa shape index (κ2) is 7.26. The molecule has 28 heavy (non-hydrogen) atoms. The van der Waals surface area contributed by atoms with Crippen LogP contribution < -0.4 is 0 Å². The Hall–Kier alpha value is -2.89. The second-order valence-electron chi connectivity index (χ2n) is 7.70. The number of aryl methyl sites for hydroxylation is 1. The summed E-state index contributed by atoms with van der Waals surface area (Å²) in [6.07, 6.45) is 9.01. The average Bonchev–Trinajstić information content (AvgIpc) is 3.41. The highest BCUT2D eigenvalue weighted by Crippen LogP contribution is 2.31. The number of fused-ring (bicyclic) bond motifs is 1. The maximum absolute atomic E-state index is 13.2. The zero-order valence-corrected chi connectivity index (χ0v) is 15.9. The van der Waals surface area contributed by atoms with E-state index in [0.29, 0.717) is 18.0 Å². The van der Waals surface area contributed by atoms with E-state index in [9.17, 15) is 4.79 Å². The minimum absolute atomic E-state index is 0.0773. The van der Waals surface area contributed by atoms with Gasteiger partial charge in [0.15, 0.2) is 6.39 Å². The Kier molecular flexibility index (Phi) is 4.47. The van der Waals surface area contributed by atoms with Gasteiger partial charge in [-0.1, -0.05) is 30.3 Å². The largest absolute Gasteiger partial charge is 0.438 e. The number of benzene rings is 1. The lowest BCUT2D eigenvalue weighted by Crippen LogP contribution is -2.40. The van der Waals surface area contributed by atoms with Crippen LogP contribution >= 0.6 is 0 Å². The van der Waals surface area contributed by atoms with Crippen molar-refractivity contribution in [3.63, 3.8) is 0 Å². The molecule has 1 unspecified atom stereocenters. The number of rotatable bonds is 3. The number of hydrogen-bond donors (Lipinski definition) is 0. The Bertz CT molecular complexity index is 976. The van der Waals surface area contributed by atoms with Gasteiger partial charge in [0.05, 0.1) is 0 Å². The molecular weight excluding hydrogens is 352 g/mol. The number of amides is 1. The number of piperidine rings is 1. The number of nitrogens with zero attached hydrogens (tertiary/aromatic N) is 4. The van der Waals surface area contributed by atoms with Crippen molar-refractivity contribution in [2.45, 2.75) is 44.6 Å². The molecule has 6 heteroatoms. The normalized spacial score (nSPS) is 19.4. The molecule has 1 saturated heterocycles.